The van der Waals surface area contributed by atoms with Gasteiger partial charge in [0.2, 0.25) is 0 Å². The zero-order valence-electron chi connectivity index (χ0n) is 18.0. The van der Waals surface area contributed by atoms with Crippen LogP contribution in [0.3, 0.4) is 0 Å². The molecule has 0 aromatic rings. The van der Waals surface area contributed by atoms with Crippen LogP contribution in [0.4, 0.5) is 0 Å². The topological polar surface area (TPSA) is 20.2 Å². The molecule has 3 aliphatic rings. The van der Waals surface area contributed by atoms with Gasteiger partial charge in [-0.05, 0) is 80.0 Å². The van der Waals surface area contributed by atoms with Crippen LogP contribution in [-0.2, 0) is 0 Å². The van der Waals surface area contributed by atoms with Gasteiger partial charge >= 0.3 is 0 Å². The first-order chi connectivity index (χ1) is 12.5. The lowest BCUT2D eigenvalue weighted by Gasteiger charge is -2.35. The van der Waals surface area contributed by atoms with Gasteiger partial charge in [0, 0.05) is 0 Å². The van der Waals surface area contributed by atoms with Crippen LogP contribution in [0.5, 0.6) is 0 Å². The summed E-state index contributed by atoms with van der Waals surface area (Å²) in [5, 5.41) is 11.0. The molecule has 6 unspecified atom stereocenters. The summed E-state index contributed by atoms with van der Waals surface area (Å²) in [4.78, 5) is 0. The molecule has 0 aromatic carbocycles. The zero-order chi connectivity index (χ0) is 18.5. The Labute approximate surface area is 163 Å². The number of hydrogen-bond acceptors (Lipinski definition) is 1. The first-order valence-corrected chi connectivity index (χ1v) is 12.2. The lowest BCUT2D eigenvalue weighted by Crippen LogP contribution is -2.29. The largest absolute Gasteiger partial charge is 0.393 e. The van der Waals surface area contributed by atoms with Gasteiger partial charge in [-0.1, -0.05) is 72.1 Å². The van der Waals surface area contributed by atoms with Gasteiger partial charge in [-0.2, -0.15) is 0 Å². The molecule has 1 N–H and O–H groups in total. The van der Waals surface area contributed by atoms with Gasteiger partial charge in [-0.25, -0.2) is 0 Å². The Kier molecular flexibility index (Phi) is 7.91. The highest BCUT2D eigenvalue weighted by Gasteiger charge is 2.31. The van der Waals surface area contributed by atoms with Gasteiger partial charge in [0.1, 0.15) is 0 Å². The van der Waals surface area contributed by atoms with E-state index in [-0.39, 0.29) is 6.10 Å². The van der Waals surface area contributed by atoms with Gasteiger partial charge in [0.15, 0.2) is 0 Å². The molecule has 3 saturated carbocycles. The molecule has 0 heterocycles. The lowest BCUT2D eigenvalue weighted by atomic mass is 9.72. The smallest absolute Gasteiger partial charge is 0.0571 e. The quantitative estimate of drug-likeness (QED) is 0.512. The first-order valence-electron chi connectivity index (χ1n) is 12.2. The second-order valence-electron chi connectivity index (χ2n) is 11.0. The van der Waals surface area contributed by atoms with Crippen LogP contribution < -0.4 is 0 Å². The molecule has 0 radical (unpaired) electrons. The van der Waals surface area contributed by atoms with E-state index in [9.17, 15) is 5.11 Å². The Morgan fingerprint density at radius 2 is 1.38 bits per heavy atom. The number of aliphatic hydroxyl groups excluding tert-OH is 1. The van der Waals surface area contributed by atoms with Crippen molar-refractivity contribution in [1.82, 2.24) is 0 Å². The molecule has 3 aliphatic carbocycles. The molecule has 0 saturated heterocycles. The van der Waals surface area contributed by atoms with Crippen LogP contribution >= 0.6 is 0 Å². The van der Waals surface area contributed by atoms with E-state index in [0.717, 1.165) is 41.9 Å². The van der Waals surface area contributed by atoms with Gasteiger partial charge in [0.05, 0.1) is 6.10 Å². The maximum atomic E-state index is 11.0. The van der Waals surface area contributed by atoms with E-state index in [1.807, 2.05) is 0 Å². The third-order valence-corrected chi connectivity index (χ3v) is 8.63. The molecule has 0 spiro atoms. The molecule has 0 bridgehead atoms. The van der Waals surface area contributed by atoms with Crippen LogP contribution in [0.2, 0.25) is 0 Å². The van der Waals surface area contributed by atoms with E-state index in [0.29, 0.717) is 5.92 Å². The maximum Gasteiger partial charge on any atom is 0.0571 e. The molecule has 0 aromatic heterocycles. The monoisotopic (exact) mass is 362 g/mol. The van der Waals surface area contributed by atoms with Gasteiger partial charge in [-0.3, -0.25) is 0 Å². The third kappa shape index (κ3) is 5.98. The van der Waals surface area contributed by atoms with Crippen molar-refractivity contribution in [2.75, 3.05) is 0 Å². The molecule has 26 heavy (non-hydrogen) atoms. The lowest BCUT2D eigenvalue weighted by molar-refractivity contribution is 0.0490. The van der Waals surface area contributed by atoms with Gasteiger partial charge < -0.3 is 5.11 Å². The molecule has 1 nitrogen and oxygen atoms in total. The Hall–Kier alpha value is -0.0400. The van der Waals surface area contributed by atoms with Crippen molar-refractivity contribution in [3.63, 3.8) is 0 Å². The minimum Gasteiger partial charge on any atom is -0.393 e. The van der Waals surface area contributed by atoms with Crippen molar-refractivity contribution < 1.29 is 5.11 Å². The first kappa shape index (κ1) is 20.7. The summed E-state index contributed by atoms with van der Waals surface area (Å²) >= 11 is 0. The predicted octanol–water partition coefficient (Wildman–Crippen LogP) is 7.22. The molecule has 1 heteroatoms. The highest BCUT2D eigenvalue weighted by molar-refractivity contribution is 4.83. The normalized spacial score (nSPS) is 43.6. The summed E-state index contributed by atoms with van der Waals surface area (Å²) in [6, 6.07) is 0. The summed E-state index contributed by atoms with van der Waals surface area (Å²) in [6.45, 7) is 7.27. The van der Waals surface area contributed by atoms with Crippen molar-refractivity contribution >= 4 is 0 Å². The minimum atomic E-state index is -0.0230. The van der Waals surface area contributed by atoms with Crippen molar-refractivity contribution in [2.45, 2.75) is 117 Å². The van der Waals surface area contributed by atoms with E-state index >= 15 is 0 Å². The van der Waals surface area contributed by atoms with E-state index in [1.54, 1.807) is 0 Å². The molecule has 3 rings (SSSR count). The minimum absolute atomic E-state index is 0.0230. The SMILES string of the molecule is CC1CCC(CC2CCCC(C(O)CC3CCC(C)CC3C)CC2)CC1. The molecule has 3 fully saturated rings. The summed E-state index contributed by atoms with van der Waals surface area (Å²) in [7, 11) is 0. The van der Waals surface area contributed by atoms with Crippen molar-refractivity contribution in [3.8, 4) is 0 Å². The van der Waals surface area contributed by atoms with Crippen molar-refractivity contribution in [2.24, 2.45) is 41.4 Å². The summed E-state index contributed by atoms with van der Waals surface area (Å²) < 4.78 is 0. The summed E-state index contributed by atoms with van der Waals surface area (Å²) in [5.41, 5.74) is 0. The van der Waals surface area contributed by atoms with Gasteiger partial charge in [-0.15, -0.1) is 0 Å². The Morgan fingerprint density at radius 1 is 0.731 bits per heavy atom. The Bertz CT molecular complexity index is 397. The fraction of sp³-hybridized carbons (Fsp3) is 1.00. The molecular formula is C25H46O. The third-order valence-electron chi connectivity index (χ3n) is 8.63. The van der Waals surface area contributed by atoms with Crippen LogP contribution in [0.25, 0.3) is 0 Å². The summed E-state index contributed by atoms with van der Waals surface area (Å²) in [6.07, 6.45) is 19.4. The fourth-order valence-corrected chi connectivity index (χ4v) is 6.64. The van der Waals surface area contributed by atoms with Crippen molar-refractivity contribution in [1.29, 1.82) is 0 Å². The van der Waals surface area contributed by atoms with Crippen LogP contribution in [0.1, 0.15) is 111 Å². The molecule has 152 valence electrons. The predicted molar refractivity (Wildman–Crippen MR) is 112 cm³/mol. The second kappa shape index (κ2) is 9.94. The average molecular weight is 363 g/mol. The van der Waals surface area contributed by atoms with Crippen LogP contribution in [-0.4, -0.2) is 11.2 Å². The molecule has 0 amide bonds. The maximum absolute atomic E-state index is 11.0. The van der Waals surface area contributed by atoms with E-state index in [4.69, 9.17) is 0 Å². The van der Waals surface area contributed by atoms with Crippen LogP contribution in [0, 0.1) is 41.4 Å². The molecule has 0 aliphatic heterocycles. The zero-order valence-corrected chi connectivity index (χ0v) is 18.0. The van der Waals surface area contributed by atoms with Crippen LogP contribution in [0.15, 0.2) is 0 Å². The highest BCUT2D eigenvalue weighted by Crippen LogP contribution is 2.41. The fourth-order valence-electron chi connectivity index (χ4n) is 6.64. The van der Waals surface area contributed by atoms with Crippen molar-refractivity contribution in [3.05, 3.63) is 0 Å². The summed E-state index contributed by atoms with van der Waals surface area (Å²) in [5.74, 6) is 6.05. The number of hydrogen-bond donors (Lipinski definition) is 1. The molecule has 6 atom stereocenters. The van der Waals surface area contributed by atoms with E-state index < -0.39 is 0 Å². The van der Waals surface area contributed by atoms with E-state index in [2.05, 4.69) is 20.8 Å². The van der Waals surface area contributed by atoms with E-state index in [1.165, 1.54) is 83.5 Å². The number of rotatable bonds is 5. The number of aliphatic hydroxyl groups is 1. The second-order valence-corrected chi connectivity index (χ2v) is 11.0. The van der Waals surface area contributed by atoms with Gasteiger partial charge in [0.25, 0.3) is 0 Å². The Balaban J connectivity index is 1.41. The molecular weight excluding hydrogens is 316 g/mol. The highest BCUT2D eigenvalue weighted by atomic mass is 16.3. The average Bonchev–Trinajstić information content (AvgIpc) is 2.85. The Morgan fingerprint density at radius 3 is 2.12 bits per heavy atom. The standard InChI is InChI=1S/C25H46O/c1-18-7-10-22(11-8-18)16-21-5-4-6-23(14-12-21)25(26)17-24-13-9-19(2)15-20(24)3/h18-26H,4-17H2,1-3H3.